The molecule has 0 radical (unpaired) electrons. The molecule has 0 unspecified atom stereocenters. The van der Waals surface area contributed by atoms with Gasteiger partial charge in [-0.25, -0.2) is 0 Å². The summed E-state index contributed by atoms with van der Waals surface area (Å²) in [6.45, 7) is 0.862. The lowest BCUT2D eigenvalue weighted by molar-refractivity contribution is -0.140. The molecule has 0 aromatic heterocycles. The van der Waals surface area contributed by atoms with Crippen LogP contribution < -0.4 is 25.8 Å². The summed E-state index contributed by atoms with van der Waals surface area (Å²) in [5.41, 5.74) is 8.81. The third-order valence-electron chi connectivity index (χ3n) is 4.33. The lowest BCUT2D eigenvalue weighted by Crippen LogP contribution is -2.26. The third-order valence-corrected chi connectivity index (χ3v) is 4.33. The molecule has 0 spiro atoms. The summed E-state index contributed by atoms with van der Waals surface area (Å²) in [6.07, 6.45) is 0.878. The summed E-state index contributed by atoms with van der Waals surface area (Å²) in [5.74, 6) is 0.706. The van der Waals surface area contributed by atoms with Gasteiger partial charge < -0.3 is 30.6 Å². The van der Waals surface area contributed by atoms with Crippen molar-refractivity contribution in [3.05, 3.63) is 47.5 Å². The minimum atomic E-state index is -0.376. The zero-order chi connectivity index (χ0) is 21.2. The van der Waals surface area contributed by atoms with Crippen LogP contribution in [0.25, 0.3) is 0 Å². The first-order valence-corrected chi connectivity index (χ1v) is 9.17. The van der Waals surface area contributed by atoms with Crippen molar-refractivity contribution in [1.29, 1.82) is 0 Å². The highest BCUT2D eigenvalue weighted by Crippen LogP contribution is 2.28. The van der Waals surface area contributed by atoms with E-state index in [1.165, 1.54) is 7.11 Å². The zero-order valence-corrected chi connectivity index (χ0v) is 16.9. The Kier molecular flexibility index (Phi) is 8.14. The van der Waals surface area contributed by atoms with E-state index in [1.807, 2.05) is 18.2 Å². The molecular weight excluding hydrogens is 374 g/mol. The van der Waals surface area contributed by atoms with Crippen LogP contribution in [0.5, 0.6) is 11.5 Å². The SMILES string of the molecule is COC(=O)CCNC(=O)c1ccc(NCCc2ccc(OC)c(OC)c2)c(N)c1. The second-order valence-corrected chi connectivity index (χ2v) is 6.25. The van der Waals surface area contributed by atoms with E-state index in [-0.39, 0.29) is 24.8 Å². The van der Waals surface area contributed by atoms with Crippen LogP contribution >= 0.6 is 0 Å². The first kappa shape index (κ1) is 21.9. The molecule has 1 amide bonds. The van der Waals surface area contributed by atoms with E-state index < -0.39 is 0 Å². The molecule has 0 saturated heterocycles. The minimum absolute atomic E-state index is 0.119. The van der Waals surface area contributed by atoms with E-state index >= 15 is 0 Å². The van der Waals surface area contributed by atoms with E-state index in [4.69, 9.17) is 15.2 Å². The van der Waals surface area contributed by atoms with Crippen LogP contribution in [0.2, 0.25) is 0 Å². The molecule has 2 aromatic rings. The molecule has 8 nitrogen and oxygen atoms in total. The fraction of sp³-hybridized carbons (Fsp3) is 0.333. The number of rotatable bonds is 10. The van der Waals surface area contributed by atoms with Crippen LogP contribution in [0.15, 0.2) is 36.4 Å². The Morgan fingerprint density at radius 2 is 1.72 bits per heavy atom. The molecule has 4 N–H and O–H groups in total. The van der Waals surface area contributed by atoms with Crippen LogP contribution in [0.3, 0.4) is 0 Å². The second kappa shape index (κ2) is 10.8. The Morgan fingerprint density at radius 3 is 2.38 bits per heavy atom. The third kappa shape index (κ3) is 6.31. The normalized spacial score (nSPS) is 10.2. The number of esters is 1. The molecule has 0 aliphatic heterocycles. The van der Waals surface area contributed by atoms with Gasteiger partial charge in [-0.3, -0.25) is 9.59 Å². The van der Waals surface area contributed by atoms with Gasteiger partial charge in [-0.05, 0) is 42.3 Å². The van der Waals surface area contributed by atoms with Crippen LogP contribution in [0.1, 0.15) is 22.3 Å². The van der Waals surface area contributed by atoms with Crippen molar-refractivity contribution in [2.45, 2.75) is 12.8 Å². The molecule has 0 bridgehead atoms. The van der Waals surface area contributed by atoms with Gasteiger partial charge in [-0.15, -0.1) is 0 Å². The van der Waals surface area contributed by atoms with Gasteiger partial charge in [0.1, 0.15) is 0 Å². The quantitative estimate of drug-likeness (QED) is 0.413. The maximum atomic E-state index is 12.1. The number of carbonyl (C=O) groups excluding carboxylic acids is 2. The average Bonchev–Trinajstić information content (AvgIpc) is 2.74. The molecule has 2 rings (SSSR count). The predicted molar refractivity (Wildman–Crippen MR) is 112 cm³/mol. The van der Waals surface area contributed by atoms with Crippen LogP contribution in [0, 0.1) is 0 Å². The number of ether oxygens (including phenoxy) is 3. The van der Waals surface area contributed by atoms with Crippen molar-refractivity contribution in [3.8, 4) is 11.5 Å². The van der Waals surface area contributed by atoms with Gasteiger partial charge in [0.2, 0.25) is 0 Å². The number of amides is 1. The summed E-state index contributed by atoms with van der Waals surface area (Å²) in [6, 6.07) is 10.8. The van der Waals surface area contributed by atoms with Gasteiger partial charge in [0, 0.05) is 18.7 Å². The Morgan fingerprint density at radius 1 is 0.966 bits per heavy atom. The van der Waals surface area contributed by atoms with Gasteiger partial charge in [0.15, 0.2) is 11.5 Å². The minimum Gasteiger partial charge on any atom is -0.493 e. The van der Waals surface area contributed by atoms with Crippen molar-refractivity contribution in [3.63, 3.8) is 0 Å². The predicted octanol–water partition coefficient (Wildman–Crippen LogP) is 2.23. The van der Waals surface area contributed by atoms with Gasteiger partial charge in [0.25, 0.3) is 5.91 Å². The Bertz CT molecular complexity index is 854. The molecule has 8 heteroatoms. The van der Waals surface area contributed by atoms with E-state index in [9.17, 15) is 9.59 Å². The number of hydrogen-bond donors (Lipinski definition) is 3. The highest BCUT2D eigenvalue weighted by atomic mass is 16.5. The molecule has 156 valence electrons. The van der Waals surface area contributed by atoms with Crippen molar-refractivity contribution < 1.29 is 23.8 Å². The first-order valence-electron chi connectivity index (χ1n) is 9.17. The summed E-state index contributed by atoms with van der Waals surface area (Å²) in [4.78, 5) is 23.2. The summed E-state index contributed by atoms with van der Waals surface area (Å²) in [7, 11) is 4.51. The zero-order valence-electron chi connectivity index (χ0n) is 16.9. The van der Waals surface area contributed by atoms with Crippen molar-refractivity contribution in [2.75, 3.05) is 45.5 Å². The Hall–Kier alpha value is -3.42. The van der Waals surface area contributed by atoms with Gasteiger partial charge >= 0.3 is 5.97 Å². The smallest absolute Gasteiger partial charge is 0.307 e. The van der Waals surface area contributed by atoms with E-state index in [2.05, 4.69) is 15.4 Å². The molecule has 0 aliphatic rings. The fourth-order valence-electron chi connectivity index (χ4n) is 2.72. The van der Waals surface area contributed by atoms with Crippen LogP contribution in [-0.4, -0.2) is 46.3 Å². The topological polar surface area (TPSA) is 112 Å². The van der Waals surface area contributed by atoms with Crippen molar-refractivity contribution >= 4 is 23.3 Å². The number of carbonyl (C=O) groups is 2. The molecule has 29 heavy (non-hydrogen) atoms. The molecule has 0 atom stereocenters. The average molecular weight is 401 g/mol. The fourth-order valence-corrected chi connectivity index (χ4v) is 2.72. The van der Waals surface area contributed by atoms with Gasteiger partial charge in [0.05, 0.1) is 39.1 Å². The number of anilines is 2. The highest BCUT2D eigenvalue weighted by molar-refractivity contribution is 5.96. The number of nitrogen functional groups attached to an aromatic ring is 1. The summed E-state index contributed by atoms with van der Waals surface area (Å²) >= 11 is 0. The molecule has 0 saturated carbocycles. The van der Waals surface area contributed by atoms with E-state index in [1.54, 1.807) is 32.4 Å². The highest BCUT2D eigenvalue weighted by Gasteiger charge is 2.09. The summed E-state index contributed by atoms with van der Waals surface area (Å²) < 4.78 is 15.1. The van der Waals surface area contributed by atoms with Gasteiger partial charge in [-0.1, -0.05) is 6.07 Å². The maximum absolute atomic E-state index is 12.1. The number of benzene rings is 2. The molecule has 0 aliphatic carbocycles. The molecule has 0 fully saturated rings. The van der Waals surface area contributed by atoms with Crippen molar-refractivity contribution in [2.24, 2.45) is 0 Å². The maximum Gasteiger partial charge on any atom is 0.307 e. The first-order chi connectivity index (χ1) is 14.0. The Balaban J connectivity index is 1.89. The van der Waals surface area contributed by atoms with E-state index in [0.29, 0.717) is 29.3 Å². The van der Waals surface area contributed by atoms with E-state index in [0.717, 1.165) is 17.7 Å². The second-order valence-electron chi connectivity index (χ2n) is 6.25. The van der Waals surface area contributed by atoms with Crippen molar-refractivity contribution in [1.82, 2.24) is 5.32 Å². The standard InChI is InChI=1S/C21H27N3O5/c1-27-18-7-4-14(12-19(18)28-2)8-10-23-17-6-5-15(13-16(17)22)21(26)24-11-9-20(25)29-3/h4-7,12-13,23H,8-11,22H2,1-3H3,(H,24,26). The molecular formula is C21H27N3O5. The number of nitrogens with two attached hydrogens (primary N) is 1. The molecule has 0 heterocycles. The Labute approximate surface area is 170 Å². The summed E-state index contributed by atoms with van der Waals surface area (Å²) in [5, 5.41) is 5.93. The number of nitrogens with one attached hydrogen (secondary N) is 2. The molecule has 2 aromatic carbocycles. The monoisotopic (exact) mass is 401 g/mol. The largest absolute Gasteiger partial charge is 0.493 e. The van der Waals surface area contributed by atoms with Gasteiger partial charge in [-0.2, -0.15) is 0 Å². The van der Waals surface area contributed by atoms with Crippen LogP contribution in [-0.2, 0) is 16.0 Å². The number of hydrogen-bond acceptors (Lipinski definition) is 7. The van der Waals surface area contributed by atoms with Crippen LogP contribution in [0.4, 0.5) is 11.4 Å². The lowest BCUT2D eigenvalue weighted by atomic mass is 10.1. The number of methoxy groups -OCH3 is 3. The lowest BCUT2D eigenvalue weighted by Gasteiger charge is -2.12.